The van der Waals surface area contributed by atoms with E-state index in [0.717, 1.165) is 12.4 Å². The van der Waals surface area contributed by atoms with E-state index in [1.807, 2.05) is 0 Å². The van der Waals surface area contributed by atoms with E-state index in [1.54, 1.807) is 0 Å². The molecule has 0 aliphatic carbocycles. The van der Waals surface area contributed by atoms with E-state index in [2.05, 4.69) is 65.3 Å². The average Bonchev–Trinajstić information content (AvgIpc) is 3.15. The van der Waals surface area contributed by atoms with Gasteiger partial charge in [-0.05, 0) is 30.7 Å². The molecule has 1 aromatic heterocycles. The molecule has 0 aliphatic rings. The zero-order valence-electron chi connectivity index (χ0n) is 21.0. The van der Waals surface area contributed by atoms with Gasteiger partial charge in [-0.15, -0.1) is 11.8 Å². The monoisotopic (exact) mass is 480 g/mol. The van der Waals surface area contributed by atoms with Crippen LogP contribution in [-0.4, -0.2) is 10.3 Å². The molecule has 0 saturated carbocycles. The molecule has 0 atom stereocenters. The quantitative estimate of drug-likeness (QED) is 0.169. The van der Waals surface area contributed by atoms with Gasteiger partial charge in [0.05, 0.1) is 6.54 Å². The minimum Gasteiger partial charge on any atom is -1.00 e. The molecule has 1 heterocycles. The molecule has 0 saturated heterocycles. The summed E-state index contributed by atoms with van der Waals surface area (Å²) in [6.45, 7) is 5.70. The van der Waals surface area contributed by atoms with E-state index < -0.39 is 0 Å². The fraction of sp³-hybridized carbons (Fsp3) is 0.750. The number of imidazole rings is 1. The highest BCUT2D eigenvalue weighted by molar-refractivity contribution is 7.98. The number of nitrogens with zero attached hydrogens (tertiary/aromatic N) is 2. The lowest BCUT2D eigenvalue weighted by Gasteiger charge is -2.03. The smallest absolute Gasteiger partial charge is 0.245 e. The first-order valence-electron chi connectivity index (χ1n) is 13.4. The molecule has 4 heteroatoms. The van der Waals surface area contributed by atoms with Crippen molar-refractivity contribution < 1.29 is 17.0 Å². The topological polar surface area (TPSA) is 8.81 Å². The molecule has 0 radical (unpaired) electrons. The van der Waals surface area contributed by atoms with Gasteiger partial charge in [0, 0.05) is 0 Å². The number of rotatable bonds is 20. The zero-order chi connectivity index (χ0) is 22.0. The molecule has 2 nitrogen and oxygen atoms in total. The molecule has 1 aromatic carbocycles. The Kier molecular flexibility index (Phi) is 18.1. The van der Waals surface area contributed by atoms with Gasteiger partial charge < -0.3 is 12.4 Å². The van der Waals surface area contributed by atoms with Crippen LogP contribution in [-0.2, 0) is 12.4 Å². The van der Waals surface area contributed by atoms with Crippen LogP contribution in [0.15, 0.2) is 30.6 Å². The number of aromatic nitrogens is 2. The third-order valence-electron chi connectivity index (χ3n) is 6.40. The minimum atomic E-state index is 0. The molecule has 0 amide bonds. The lowest BCUT2D eigenvalue weighted by molar-refractivity contribution is -0.650. The van der Waals surface area contributed by atoms with Crippen molar-refractivity contribution in [3.63, 3.8) is 0 Å². The number of aryl methyl sites for hydroxylation is 1. The second-order valence-corrected chi connectivity index (χ2v) is 10.3. The van der Waals surface area contributed by atoms with Gasteiger partial charge >= 0.3 is 0 Å². The predicted octanol–water partition coefficient (Wildman–Crippen LogP) is 5.90. The van der Waals surface area contributed by atoms with Crippen LogP contribution >= 0.6 is 11.8 Å². The number of para-hydroxylation sites is 2. The Labute approximate surface area is 209 Å². The minimum absolute atomic E-state index is 0. The third-order valence-corrected chi connectivity index (χ3v) is 7.44. The van der Waals surface area contributed by atoms with Crippen LogP contribution in [0.2, 0.25) is 0 Å². The summed E-state index contributed by atoms with van der Waals surface area (Å²) in [6.07, 6.45) is 25.0. The highest BCUT2D eigenvalue weighted by Crippen LogP contribution is 2.16. The third kappa shape index (κ3) is 12.0. The van der Waals surface area contributed by atoms with Crippen LogP contribution in [0.3, 0.4) is 0 Å². The lowest BCUT2D eigenvalue weighted by atomic mass is 10.0. The fourth-order valence-corrected chi connectivity index (χ4v) is 5.35. The maximum atomic E-state index is 2.44. The van der Waals surface area contributed by atoms with Crippen LogP contribution in [0.5, 0.6) is 0 Å². The highest BCUT2D eigenvalue weighted by Gasteiger charge is 2.14. The van der Waals surface area contributed by atoms with Crippen LogP contribution < -0.4 is 17.0 Å². The van der Waals surface area contributed by atoms with Crippen molar-refractivity contribution in [3.05, 3.63) is 30.6 Å². The summed E-state index contributed by atoms with van der Waals surface area (Å²) >= 11 is 2.09. The maximum Gasteiger partial charge on any atom is 0.245 e. The predicted molar refractivity (Wildman–Crippen MR) is 140 cm³/mol. The summed E-state index contributed by atoms with van der Waals surface area (Å²) in [5.74, 6) is 2.37. The van der Waals surface area contributed by atoms with Crippen molar-refractivity contribution in [1.82, 2.24) is 4.57 Å². The van der Waals surface area contributed by atoms with Crippen LogP contribution in [0.25, 0.3) is 11.0 Å². The molecule has 0 bridgehead atoms. The molecular weight excluding hydrogens is 432 g/mol. The zero-order valence-corrected chi connectivity index (χ0v) is 22.6. The maximum absolute atomic E-state index is 2.44. The lowest BCUT2D eigenvalue weighted by Crippen LogP contribution is -3.00. The SMILES string of the molecule is CCCCCCCCCCCCCCCCSC[n+]1cn(CCCC)c2ccccc21.[Cl-]. The first-order chi connectivity index (χ1) is 15.4. The van der Waals surface area contributed by atoms with Crippen molar-refractivity contribution in [3.8, 4) is 0 Å². The molecule has 0 spiro atoms. The average molecular weight is 481 g/mol. The Bertz CT molecular complexity index is 685. The highest BCUT2D eigenvalue weighted by atomic mass is 35.5. The van der Waals surface area contributed by atoms with Crippen molar-refractivity contribution in [2.24, 2.45) is 0 Å². The normalized spacial score (nSPS) is 11.2. The Balaban J connectivity index is 0.00000512. The molecule has 0 fully saturated rings. The van der Waals surface area contributed by atoms with Gasteiger partial charge in [-0.25, -0.2) is 9.13 Å². The Morgan fingerprint density at radius 1 is 0.688 bits per heavy atom. The summed E-state index contributed by atoms with van der Waals surface area (Å²) in [5, 5.41) is 0. The summed E-state index contributed by atoms with van der Waals surface area (Å²) in [4.78, 5) is 0. The fourth-order valence-electron chi connectivity index (χ4n) is 4.41. The van der Waals surface area contributed by atoms with Crippen molar-refractivity contribution in [1.29, 1.82) is 0 Å². The number of thioether (sulfide) groups is 1. The van der Waals surface area contributed by atoms with Gasteiger partial charge in [-0.1, -0.05) is 116 Å². The van der Waals surface area contributed by atoms with Gasteiger partial charge in [-0.2, -0.15) is 0 Å². The number of unbranched alkanes of at least 4 members (excludes halogenated alkanes) is 14. The van der Waals surface area contributed by atoms with E-state index >= 15 is 0 Å². The largest absolute Gasteiger partial charge is 1.00 e. The number of fused-ring (bicyclic) bond motifs is 1. The molecule has 0 aliphatic heterocycles. The summed E-state index contributed by atoms with van der Waals surface area (Å²) < 4.78 is 4.88. The van der Waals surface area contributed by atoms with Gasteiger partial charge in [0.25, 0.3) is 0 Å². The summed E-state index contributed by atoms with van der Waals surface area (Å²) in [7, 11) is 0. The van der Waals surface area contributed by atoms with E-state index in [1.165, 1.54) is 120 Å². The molecule has 0 N–H and O–H groups in total. The Morgan fingerprint density at radius 2 is 1.22 bits per heavy atom. The van der Waals surface area contributed by atoms with Crippen molar-refractivity contribution in [2.45, 2.75) is 129 Å². The number of halogens is 1. The second kappa shape index (κ2) is 19.8. The van der Waals surface area contributed by atoms with Gasteiger partial charge in [0.2, 0.25) is 6.33 Å². The first-order valence-corrected chi connectivity index (χ1v) is 14.6. The van der Waals surface area contributed by atoms with Crippen LogP contribution in [0, 0.1) is 0 Å². The molecule has 32 heavy (non-hydrogen) atoms. The van der Waals surface area contributed by atoms with Crippen LogP contribution in [0.1, 0.15) is 117 Å². The molecule has 0 unspecified atom stereocenters. The number of benzene rings is 1. The Morgan fingerprint density at radius 3 is 1.81 bits per heavy atom. The van der Waals surface area contributed by atoms with Gasteiger partial charge in [-0.3, -0.25) is 0 Å². The first kappa shape index (κ1) is 29.4. The van der Waals surface area contributed by atoms with Gasteiger partial charge in [0.15, 0.2) is 11.0 Å². The molecular formula is C28H49ClN2S. The Hall–Kier alpha value is -0.670. The van der Waals surface area contributed by atoms with Crippen LogP contribution in [0.4, 0.5) is 0 Å². The second-order valence-electron chi connectivity index (χ2n) is 9.25. The molecule has 184 valence electrons. The number of hydrogen-bond donors (Lipinski definition) is 0. The standard InChI is InChI=1S/C28H49N2S.ClH/c1-3-5-7-8-9-10-11-12-13-14-15-16-17-20-24-31-26-30-25-29(23-6-4-2)27-21-18-19-22-28(27)30;/h18-19,21-22,25H,3-17,20,23-24,26H2,1-2H3;1H/q+1;/p-1. The van der Waals surface area contributed by atoms with E-state index in [4.69, 9.17) is 0 Å². The van der Waals surface area contributed by atoms with Crippen molar-refractivity contribution in [2.75, 3.05) is 5.75 Å². The van der Waals surface area contributed by atoms with E-state index in [9.17, 15) is 0 Å². The van der Waals surface area contributed by atoms with Gasteiger partial charge in [0.1, 0.15) is 5.88 Å². The summed E-state index contributed by atoms with van der Waals surface area (Å²) in [6, 6.07) is 8.86. The molecule has 2 aromatic rings. The van der Waals surface area contributed by atoms with Crippen molar-refractivity contribution >= 4 is 22.8 Å². The summed E-state index contributed by atoms with van der Waals surface area (Å²) in [5.41, 5.74) is 2.76. The number of hydrogen-bond acceptors (Lipinski definition) is 1. The van der Waals surface area contributed by atoms with E-state index in [0.29, 0.717) is 0 Å². The molecule has 2 rings (SSSR count). The van der Waals surface area contributed by atoms with E-state index in [-0.39, 0.29) is 12.4 Å².